The fraction of sp³-hybridized carbons (Fsp3) is 0.286. The maximum Gasteiger partial charge on any atom is -1.00 e. The molecule has 0 aliphatic heterocycles. The molecular formula is C14H17Cl2Zr-. The van der Waals surface area contributed by atoms with Crippen LogP contribution < -0.4 is 24.8 Å². The van der Waals surface area contributed by atoms with Gasteiger partial charge in [-0.25, -0.2) is 12.1 Å². The summed E-state index contributed by atoms with van der Waals surface area (Å²) in [7, 11) is 0. The third kappa shape index (κ3) is 9.83. The molecule has 0 saturated carbocycles. The normalized spacial score (nSPS) is 11.6. The predicted molar refractivity (Wildman–Crippen MR) is 63.9 cm³/mol. The van der Waals surface area contributed by atoms with Crippen LogP contribution in [0.4, 0.5) is 0 Å². The molecule has 0 fully saturated rings. The first-order valence-corrected chi connectivity index (χ1v) is 6.48. The van der Waals surface area contributed by atoms with Crippen molar-refractivity contribution in [1.29, 1.82) is 0 Å². The van der Waals surface area contributed by atoms with E-state index in [1.807, 2.05) is 0 Å². The van der Waals surface area contributed by atoms with Gasteiger partial charge >= 0.3 is 41.3 Å². The summed E-state index contributed by atoms with van der Waals surface area (Å²) in [6.45, 7) is 4.25. The molecule has 0 aromatic heterocycles. The fourth-order valence-electron chi connectivity index (χ4n) is 1.42. The van der Waals surface area contributed by atoms with E-state index in [2.05, 4.69) is 56.3 Å². The standard InChI is InChI=1S/C11H11.C3H6.2ClH.Zr/c1-2-6-10(5-1)9-11-7-3-4-8-11;1-3-2;;;/h1-7H,8-9H2;1-2H3;2*1H;/q-1;;;;+2/p-2. The van der Waals surface area contributed by atoms with E-state index in [1.165, 1.54) is 14.3 Å². The van der Waals surface area contributed by atoms with E-state index in [1.54, 1.807) is 24.2 Å². The Kier molecular flexibility index (Phi) is 12.9. The molecule has 0 atom stereocenters. The fourth-order valence-corrected chi connectivity index (χ4v) is 1.42. The second-order valence-electron chi connectivity index (χ2n) is 3.93. The molecule has 1 aromatic carbocycles. The Morgan fingerprint density at radius 2 is 1.76 bits per heavy atom. The maximum atomic E-state index is 2.22. The van der Waals surface area contributed by atoms with Gasteiger partial charge in [0.25, 0.3) is 0 Å². The Labute approximate surface area is 132 Å². The molecular weight excluding hydrogens is 330 g/mol. The summed E-state index contributed by atoms with van der Waals surface area (Å²) in [5.74, 6) is 0. The smallest absolute Gasteiger partial charge is 1.00 e. The van der Waals surface area contributed by atoms with Gasteiger partial charge in [0.1, 0.15) is 0 Å². The molecule has 0 unspecified atom stereocenters. The van der Waals surface area contributed by atoms with Crippen molar-refractivity contribution >= 4 is 3.21 Å². The number of hydrogen-bond donors (Lipinski definition) is 0. The van der Waals surface area contributed by atoms with Crippen molar-refractivity contribution < 1.29 is 49.0 Å². The Morgan fingerprint density at radius 3 is 2.18 bits per heavy atom. The summed E-state index contributed by atoms with van der Waals surface area (Å²) < 4.78 is 1.51. The second kappa shape index (κ2) is 11.3. The molecule has 17 heavy (non-hydrogen) atoms. The van der Waals surface area contributed by atoms with Crippen LogP contribution in [0.25, 0.3) is 0 Å². The van der Waals surface area contributed by atoms with E-state index >= 15 is 0 Å². The van der Waals surface area contributed by atoms with Gasteiger partial charge in [-0.05, 0) is 6.42 Å². The van der Waals surface area contributed by atoms with Gasteiger partial charge in [0.15, 0.2) is 0 Å². The van der Waals surface area contributed by atoms with Crippen LogP contribution in [-0.4, -0.2) is 3.21 Å². The number of rotatable bonds is 2. The largest absolute Gasteiger partial charge is 1.00 e. The molecule has 1 aliphatic carbocycles. The van der Waals surface area contributed by atoms with Crippen LogP contribution in [0.1, 0.15) is 25.8 Å². The average Bonchev–Trinajstić information content (AvgIpc) is 2.76. The van der Waals surface area contributed by atoms with E-state index in [0.29, 0.717) is 0 Å². The molecule has 0 N–H and O–H groups in total. The van der Waals surface area contributed by atoms with Gasteiger partial charge in [-0.3, -0.25) is 0 Å². The SMILES string of the molecule is C1=CCC(C[c-]2cccc2)=C1.C[C](C)=[Zr+2].[Cl-].[Cl-]. The predicted octanol–water partition coefficient (Wildman–Crippen LogP) is -2.41. The summed E-state index contributed by atoms with van der Waals surface area (Å²) >= 11 is 1.55. The van der Waals surface area contributed by atoms with Gasteiger partial charge < -0.3 is 24.8 Å². The van der Waals surface area contributed by atoms with Crippen molar-refractivity contribution in [3.63, 3.8) is 0 Å². The maximum absolute atomic E-state index is 2.22. The van der Waals surface area contributed by atoms with Crippen molar-refractivity contribution in [1.82, 2.24) is 0 Å². The molecule has 1 aromatic rings. The molecule has 0 heterocycles. The Balaban J connectivity index is 0. The summed E-state index contributed by atoms with van der Waals surface area (Å²) in [6.07, 6.45) is 8.83. The zero-order valence-electron chi connectivity index (χ0n) is 10.2. The molecule has 0 amide bonds. The van der Waals surface area contributed by atoms with Crippen LogP contribution in [0.2, 0.25) is 0 Å². The first kappa shape index (κ1) is 19.5. The first-order chi connectivity index (χ1) is 7.18. The Morgan fingerprint density at radius 1 is 1.24 bits per heavy atom. The van der Waals surface area contributed by atoms with Crippen LogP contribution in [0.15, 0.2) is 48.1 Å². The van der Waals surface area contributed by atoms with Crippen LogP contribution in [0.3, 0.4) is 0 Å². The molecule has 0 saturated heterocycles. The number of halogens is 2. The average molecular weight is 347 g/mol. The summed E-state index contributed by atoms with van der Waals surface area (Å²) in [5.41, 5.74) is 2.95. The van der Waals surface area contributed by atoms with Gasteiger partial charge in [0.05, 0.1) is 0 Å². The van der Waals surface area contributed by atoms with Crippen molar-refractivity contribution in [2.45, 2.75) is 26.7 Å². The van der Waals surface area contributed by atoms with Crippen LogP contribution in [-0.2, 0) is 30.7 Å². The number of allylic oxidation sites excluding steroid dienone is 4. The third-order valence-corrected chi connectivity index (χ3v) is 2.01. The monoisotopic (exact) mass is 345 g/mol. The van der Waals surface area contributed by atoms with Gasteiger partial charge in [0, 0.05) is 0 Å². The minimum Gasteiger partial charge on any atom is -1.00 e. The molecule has 92 valence electrons. The quantitative estimate of drug-likeness (QED) is 0.523. The topological polar surface area (TPSA) is 0 Å². The zero-order valence-corrected chi connectivity index (χ0v) is 14.2. The second-order valence-corrected chi connectivity index (χ2v) is 6.39. The zero-order chi connectivity index (χ0) is 11.1. The summed E-state index contributed by atoms with van der Waals surface area (Å²) in [4.78, 5) is 0. The first-order valence-electron chi connectivity index (χ1n) is 5.25. The minimum atomic E-state index is 0. The molecule has 3 heteroatoms. The third-order valence-electron chi connectivity index (χ3n) is 2.01. The minimum absolute atomic E-state index is 0. The Bertz CT molecular complexity index is 358. The number of hydrogen-bond acceptors (Lipinski definition) is 0. The van der Waals surface area contributed by atoms with Crippen molar-refractivity contribution in [2.75, 3.05) is 0 Å². The van der Waals surface area contributed by atoms with Gasteiger partial charge in [0.2, 0.25) is 0 Å². The molecule has 0 bridgehead atoms. The van der Waals surface area contributed by atoms with Crippen molar-refractivity contribution in [3.8, 4) is 0 Å². The molecule has 0 spiro atoms. The van der Waals surface area contributed by atoms with Crippen molar-refractivity contribution in [2.24, 2.45) is 0 Å². The Hall–Kier alpha value is 0.163. The van der Waals surface area contributed by atoms with Crippen LogP contribution in [0.5, 0.6) is 0 Å². The van der Waals surface area contributed by atoms with Crippen LogP contribution >= 0.6 is 0 Å². The molecule has 0 nitrogen and oxygen atoms in total. The van der Waals surface area contributed by atoms with Crippen molar-refractivity contribution in [3.05, 3.63) is 53.6 Å². The van der Waals surface area contributed by atoms with Crippen LogP contribution in [0, 0.1) is 0 Å². The van der Waals surface area contributed by atoms with E-state index in [4.69, 9.17) is 0 Å². The van der Waals surface area contributed by atoms with E-state index in [-0.39, 0.29) is 24.8 Å². The summed E-state index contributed by atoms with van der Waals surface area (Å²) in [5, 5.41) is 0. The van der Waals surface area contributed by atoms with Gasteiger partial charge in [-0.2, -0.15) is 17.7 Å². The summed E-state index contributed by atoms with van der Waals surface area (Å²) in [6, 6.07) is 8.55. The van der Waals surface area contributed by atoms with E-state index < -0.39 is 0 Å². The molecule has 2 rings (SSSR count). The molecule has 0 radical (unpaired) electrons. The van der Waals surface area contributed by atoms with E-state index in [9.17, 15) is 0 Å². The van der Waals surface area contributed by atoms with E-state index in [0.717, 1.165) is 12.8 Å². The van der Waals surface area contributed by atoms with Gasteiger partial charge in [-0.1, -0.05) is 30.2 Å². The van der Waals surface area contributed by atoms with Gasteiger partial charge in [-0.15, -0.1) is 0 Å². The molecule has 1 aliphatic rings.